The number of hydrogen-bond donors (Lipinski definition) is 1. The van der Waals surface area contributed by atoms with E-state index in [1.54, 1.807) is 41.1 Å². The second-order valence-corrected chi connectivity index (χ2v) is 11.3. The van der Waals surface area contributed by atoms with Gasteiger partial charge in [-0.2, -0.15) is 0 Å². The summed E-state index contributed by atoms with van der Waals surface area (Å²) in [4.78, 5) is 46.3. The van der Waals surface area contributed by atoms with Crippen LogP contribution in [-0.4, -0.2) is 79.4 Å². The van der Waals surface area contributed by atoms with Gasteiger partial charge in [0.25, 0.3) is 0 Å². The Labute approximate surface area is 211 Å². The van der Waals surface area contributed by atoms with E-state index >= 15 is 0 Å². The number of fused-ring (bicyclic) bond motifs is 2. The van der Waals surface area contributed by atoms with E-state index in [4.69, 9.17) is 16.3 Å². The number of nitrogens with one attached hydrogen (secondary N) is 1. The van der Waals surface area contributed by atoms with Crippen molar-refractivity contribution in [3.63, 3.8) is 0 Å². The summed E-state index contributed by atoms with van der Waals surface area (Å²) in [5, 5.41) is 3.98. The minimum atomic E-state index is -0.394. The van der Waals surface area contributed by atoms with Crippen LogP contribution in [0.5, 0.6) is 0 Å². The third kappa shape index (κ3) is 4.96. The fourth-order valence-corrected chi connectivity index (χ4v) is 6.37. The van der Waals surface area contributed by atoms with Gasteiger partial charge in [0.2, 0.25) is 5.91 Å². The number of urea groups is 1. The maximum absolute atomic E-state index is 13.2. The maximum Gasteiger partial charge on any atom is 0.409 e. The van der Waals surface area contributed by atoms with Crippen molar-refractivity contribution < 1.29 is 19.1 Å². The Morgan fingerprint density at radius 2 is 2.12 bits per heavy atom. The van der Waals surface area contributed by atoms with Crippen LogP contribution in [0.4, 0.5) is 20.4 Å². The number of halogens is 1. The molecular weight excluding hydrogens is 498 g/mol. The fraction of sp³-hybridized carbons (Fsp3) is 0.455. The van der Waals surface area contributed by atoms with Gasteiger partial charge in [0.05, 0.1) is 17.5 Å². The van der Waals surface area contributed by atoms with Crippen LogP contribution in [0, 0.1) is 0 Å². The molecule has 1 unspecified atom stereocenters. The molecule has 2 aliphatic heterocycles. The molecule has 34 heavy (non-hydrogen) atoms. The summed E-state index contributed by atoms with van der Waals surface area (Å²) in [5.41, 5.74) is 1.35. The van der Waals surface area contributed by atoms with Crippen LogP contribution in [0.15, 0.2) is 28.6 Å². The molecule has 4 amide bonds. The largest absolute Gasteiger partial charge is 0.453 e. The van der Waals surface area contributed by atoms with Crippen LogP contribution >= 0.6 is 34.7 Å². The first-order valence-corrected chi connectivity index (χ1v) is 12.9. The maximum atomic E-state index is 13.2. The molecule has 3 heterocycles. The SMILES string of the molecule is COC(=O)N1CCC2(C1)CN(C(=O)Nc1ncc(SCCC(=O)N(C)C)s1)c1ccc(Cl)cc12. The summed E-state index contributed by atoms with van der Waals surface area (Å²) < 4.78 is 5.82. The molecule has 1 spiro atoms. The third-order valence-corrected chi connectivity index (χ3v) is 8.41. The third-order valence-electron chi connectivity index (χ3n) is 6.07. The molecule has 1 aromatic heterocycles. The molecule has 0 saturated carbocycles. The molecule has 182 valence electrons. The number of nitrogens with zero attached hydrogens (tertiary/aromatic N) is 4. The second kappa shape index (κ2) is 10.0. The number of likely N-dealkylation sites (tertiary alicyclic amines) is 1. The Morgan fingerprint density at radius 3 is 2.85 bits per heavy atom. The number of rotatable bonds is 5. The number of amides is 4. The van der Waals surface area contributed by atoms with Gasteiger partial charge in [-0.25, -0.2) is 14.6 Å². The van der Waals surface area contributed by atoms with Crippen molar-refractivity contribution in [2.24, 2.45) is 0 Å². The molecule has 1 aromatic carbocycles. The fourth-order valence-electron chi connectivity index (χ4n) is 4.33. The van der Waals surface area contributed by atoms with Gasteiger partial charge in [0.1, 0.15) is 0 Å². The van der Waals surface area contributed by atoms with Crippen molar-refractivity contribution >= 4 is 63.6 Å². The van der Waals surface area contributed by atoms with Crippen molar-refractivity contribution in [3.05, 3.63) is 35.0 Å². The van der Waals surface area contributed by atoms with E-state index in [0.717, 1.165) is 15.5 Å². The highest BCUT2D eigenvalue weighted by Crippen LogP contribution is 2.47. The number of thioether (sulfide) groups is 1. The van der Waals surface area contributed by atoms with E-state index < -0.39 is 5.41 Å². The second-order valence-electron chi connectivity index (χ2n) is 8.47. The lowest BCUT2D eigenvalue weighted by atomic mass is 9.81. The monoisotopic (exact) mass is 523 g/mol. The molecule has 0 bridgehead atoms. The smallest absolute Gasteiger partial charge is 0.409 e. The van der Waals surface area contributed by atoms with Crippen molar-refractivity contribution in [2.75, 3.05) is 56.8 Å². The minimum absolute atomic E-state index is 0.0740. The normalized spacial score (nSPS) is 18.8. The number of methoxy groups -OCH3 is 1. The molecule has 0 aliphatic carbocycles. The first-order chi connectivity index (χ1) is 16.2. The molecule has 1 saturated heterocycles. The summed E-state index contributed by atoms with van der Waals surface area (Å²) in [6.07, 6.45) is 2.48. The van der Waals surface area contributed by atoms with E-state index in [1.165, 1.54) is 30.2 Å². The van der Waals surface area contributed by atoms with Crippen LogP contribution in [-0.2, 0) is 14.9 Å². The van der Waals surface area contributed by atoms with Gasteiger partial charge in [0, 0.05) is 62.0 Å². The molecule has 2 aromatic rings. The Bertz CT molecular complexity index is 1110. The van der Waals surface area contributed by atoms with Gasteiger partial charge in [-0.05, 0) is 30.2 Å². The van der Waals surface area contributed by atoms with Crippen LogP contribution in [0.3, 0.4) is 0 Å². The van der Waals surface area contributed by atoms with Gasteiger partial charge in [-0.3, -0.25) is 15.0 Å². The zero-order valence-electron chi connectivity index (χ0n) is 19.2. The molecule has 0 radical (unpaired) electrons. The highest BCUT2D eigenvalue weighted by atomic mass is 35.5. The minimum Gasteiger partial charge on any atom is -0.453 e. The number of carbonyl (C=O) groups is 3. The Morgan fingerprint density at radius 1 is 1.32 bits per heavy atom. The van der Waals surface area contributed by atoms with E-state index in [0.29, 0.717) is 48.4 Å². The van der Waals surface area contributed by atoms with E-state index in [9.17, 15) is 14.4 Å². The zero-order valence-corrected chi connectivity index (χ0v) is 21.6. The summed E-state index contributed by atoms with van der Waals surface area (Å²) in [6.45, 7) is 1.44. The van der Waals surface area contributed by atoms with Gasteiger partial charge in [-0.15, -0.1) is 11.8 Å². The number of benzene rings is 1. The van der Waals surface area contributed by atoms with Crippen molar-refractivity contribution in [1.29, 1.82) is 0 Å². The van der Waals surface area contributed by atoms with Crippen LogP contribution in [0.1, 0.15) is 18.4 Å². The van der Waals surface area contributed by atoms with E-state index in [-0.39, 0.29) is 18.0 Å². The predicted molar refractivity (Wildman–Crippen MR) is 134 cm³/mol. The molecule has 4 rings (SSSR count). The first kappa shape index (κ1) is 24.6. The first-order valence-electron chi connectivity index (χ1n) is 10.7. The van der Waals surface area contributed by atoms with Crippen LogP contribution < -0.4 is 10.2 Å². The van der Waals surface area contributed by atoms with Gasteiger partial charge in [-0.1, -0.05) is 22.9 Å². The molecule has 12 heteroatoms. The molecule has 1 atom stereocenters. The summed E-state index contributed by atoms with van der Waals surface area (Å²) >= 11 is 9.20. The molecule has 1 N–H and O–H groups in total. The number of carbonyl (C=O) groups excluding carboxylic acids is 3. The molecular formula is C22H26ClN5O4S2. The summed E-state index contributed by atoms with van der Waals surface area (Å²) in [7, 11) is 4.84. The summed E-state index contributed by atoms with van der Waals surface area (Å²) in [6, 6.07) is 5.21. The highest BCUT2D eigenvalue weighted by molar-refractivity contribution is 8.01. The standard InChI is InChI=1S/C22H26ClN5O4S2/c1-26(2)17(29)6-9-33-18-11-24-19(34-18)25-20(30)28-13-22(7-8-27(12-22)21(31)32-3)15-10-14(23)4-5-16(15)28/h4-5,10-11H,6-9,12-13H2,1-3H3,(H,24,25,30). The average Bonchev–Trinajstić information content (AvgIpc) is 3.52. The lowest BCUT2D eigenvalue weighted by molar-refractivity contribution is -0.128. The van der Waals surface area contributed by atoms with Crippen molar-refractivity contribution in [1.82, 2.24) is 14.8 Å². The number of hydrogen-bond acceptors (Lipinski definition) is 7. The van der Waals surface area contributed by atoms with E-state index in [1.807, 2.05) is 12.1 Å². The predicted octanol–water partition coefficient (Wildman–Crippen LogP) is 4.13. The molecule has 1 fully saturated rings. The number of anilines is 2. The topological polar surface area (TPSA) is 95.1 Å². The van der Waals surface area contributed by atoms with Crippen LogP contribution in [0.2, 0.25) is 5.02 Å². The van der Waals surface area contributed by atoms with E-state index in [2.05, 4.69) is 10.3 Å². The molecule has 9 nitrogen and oxygen atoms in total. The molecule has 2 aliphatic rings. The van der Waals surface area contributed by atoms with Crippen molar-refractivity contribution in [3.8, 4) is 0 Å². The Kier molecular flexibility index (Phi) is 7.25. The average molecular weight is 524 g/mol. The Balaban J connectivity index is 1.45. The van der Waals surface area contributed by atoms with Gasteiger partial charge in [0.15, 0.2) is 5.13 Å². The number of aromatic nitrogens is 1. The lowest BCUT2D eigenvalue weighted by Crippen LogP contribution is -2.41. The van der Waals surface area contributed by atoms with Gasteiger partial charge < -0.3 is 14.5 Å². The zero-order chi connectivity index (χ0) is 24.5. The highest BCUT2D eigenvalue weighted by Gasteiger charge is 2.50. The Hall–Kier alpha value is -2.50. The van der Waals surface area contributed by atoms with Crippen LogP contribution in [0.25, 0.3) is 0 Å². The van der Waals surface area contributed by atoms with Gasteiger partial charge >= 0.3 is 12.1 Å². The summed E-state index contributed by atoms with van der Waals surface area (Å²) in [5.74, 6) is 0.719. The van der Waals surface area contributed by atoms with Crippen molar-refractivity contribution in [2.45, 2.75) is 22.5 Å². The number of thiazole rings is 1. The number of ether oxygens (including phenoxy) is 1. The quantitative estimate of drug-likeness (QED) is 0.592. The lowest BCUT2D eigenvalue weighted by Gasteiger charge is -2.25.